The van der Waals surface area contributed by atoms with Crippen LogP contribution in [-0.4, -0.2) is 29.6 Å². The highest BCUT2D eigenvalue weighted by atomic mass is 15.1. The van der Waals surface area contributed by atoms with E-state index < -0.39 is 0 Å². The third-order valence-corrected chi connectivity index (χ3v) is 4.94. The molecule has 0 N–H and O–H groups in total. The summed E-state index contributed by atoms with van der Waals surface area (Å²) < 4.78 is 2.32. The molecule has 21 heavy (non-hydrogen) atoms. The largest absolute Gasteiger partial charge is 0.348 e. The van der Waals surface area contributed by atoms with Gasteiger partial charge in [0.1, 0.15) is 0 Å². The van der Waals surface area contributed by atoms with Crippen LogP contribution in [0.1, 0.15) is 37.7 Å². The average Bonchev–Trinajstić information content (AvgIpc) is 3.10. The Morgan fingerprint density at radius 3 is 2.76 bits per heavy atom. The van der Waals surface area contributed by atoms with Crippen molar-refractivity contribution in [2.45, 2.75) is 44.7 Å². The molecule has 1 aliphatic rings. The van der Waals surface area contributed by atoms with E-state index in [1.165, 1.54) is 35.7 Å². The lowest BCUT2D eigenvalue weighted by molar-refractivity contribution is 0.297. The molecule has 0 spiro atoms. The Bertz CT molecular complexity index is 690. The minimum atomic E-state index is 0.633. The molecule has 1 aliphatic carbocycles. The molecule has 110 valence electrons. The first-order valence-corrected chi connectivity index (χ1v) is 7.80. The summed E-state index contributed by atoms with van der Waals surface area (Å²) >= 11 is 0. The number of aryl methyl sites for hydroxylation is 1. The summed E-state index contributed by atoms with van der Waals surface area (Å²) in [6.45, 7) is 10.4. The van der Waals surface area contributed by atoms with Gasteiger partial charge in [0, 0.05) is 24.3 Å². The number of nitrogens with zero attached hydrogens (tertiary/aromatic N) is 3. The van der Waals surface area contributed by atoms with Gasteiger partial charge in [0.25, 0.3) is 0 Å². The van der Waals surface area contributed by atoms with Crippen LogP contribution in [0.3, 0.4) is 0 Å². The van der Waals surface area contributed by atoms with Crippen LogP contribution in [0, 0.1) is 6.57 Å². The van der Waals surface area contributed by atoms with Crippen LogP contribution < -0.4 is 0 Å². The zero-order valence-electron chi connectivity index (χ0n) is 13.1. The second-order valence-corrected chi connectivity index (χ2v) is 6.31. The molecule has 2 unspecified atom stereocenters. The van der Waals surface area contributed by atoms with Crippen LogP contribution in [0.15, 0.2) is 24.4 Å². The maximum Gasteiger partial charge on any atom is 0.187 e. The third-order valence-electron chi connectivity index (χ3n) is 4.94. The summed E-state index contributed by atoms with van der Waals surface area (Å²) in [6.07, 6.45) is 6.09. The predicted molar refractivity (Wildman–Crippen MR) is 87.9 cm³/mol. The number of hydrogen-bond donors (Lipinski definition) is 0. The molecule has 0 radical (unpaired) electrons. The van der Waals surface area contributed by atoms with E-state index in [0.29, 0.717) is 12.0 Å². The first-order valence-electron chi connectivity index (χ1n) is 7.80. The number of fused-ring (bicyclic) bond motifs is 1. The highest BCUT2D eigenvalue weighted by Gasteiger charge is 2.29. The molecular formula is C18H23N3. The lowest BCUT2D eigenvalue weighted by atomic mass is 9.96. The van der Waals surface area contributed by atoms with Crippen LogP contribution >= 0.6 is 0 Å². The molecule has 0 aliphatic heterocycles. The molecule has 1 aromatic heterocycles. The van der Waals surface area contributed by atoms with Crippen LogP contribution in [0.5, 0.6) is 0 Å². The van der Waals surface area contributed by atoms with Gasteiger partial charge in [-0.3, -0.25) is 0 Å². The van der Waals surface area contributed by atoms with E-state index >= 15 is 0 Å². The van der Waals surface area contributed by atoms with Crippen molar-refractivity contribution >= 4 is 16.6 Å². The zero-order chi connectivity index (χ0) is 15.0. The number of benzene rings is 1. The first-order chi connectivity index (χ1) is 10.1. The summed E-state index contributed by atoms with van der Waals surface area (Å²) in [5.41, 5.74) is 3.47. The predicted octanol–water partition coefficient (Wildman–Crippen LogP) is 4.41. The van der Waals surface area contributed by atoms with Crippen LogP contribution in [-0.2, 0) is 6.54 Å². The van der Waals surface area contributed by atoms with Gasteiger partial charge in [0.2, 0.25) is 0 Å². The SMILES string of the molecule is [C-]#[N+]c1ccc2c(c1)c(C1CCC(N(C)C)C1)cn2CC. The Labute approximate surface area is 127 Å². The fraction of sp³-hybridized carbons (Fsp3) is 0.500. The van der Waals surface area contributed by atoms with Crippen molar-refractivity contribution < 1.29 is 0 Å². The minimum absolute atomic E-state index is 0.633. The molecule has 1 saturated carbocycles. The van der Waals surface area contributed by atoms with Gasteiger partial charge in [-0.1, -0.05) is 6.07 Å². The minimum Gasteiger partial charge on any atom is -0.348 e. The molecule has 0 saturated heterocycles. The van der Waals surface area contributed by atoms with Gasteiger partial charge in [-0.2, -0.15) is 0 Å². The van der Waals surface area contributed by atoms with E-state index in [4.69, 9.17) is 6.57 Å². The van der Waals surface area contributed by atoms with Gasteiger partial charge >= 0.3 is 0 Å². The van der Waals surface area contributed by atoms with Crippen molar-refractivity contribution in [1.82, 2.24) is 9.47 Å². The van der Waals surface area contributed by atoms with Gasteiger partial charge in [0.05, 0.1) is 6.57 Å². The fourth-order valence-corrected chi connectivity index (χ4v) is 3.68. The standard InChI is InChI=1S/C18H23N3/c1-5-21-12-17(13-6-8-15(10-13)20(3)4)16-11-14(19-2)7-9-18(16)21/h7,9,11-13,15H,5-6,8,10H2,1,3-4H3. The Balaban J connectivity index is 2.04. The summed E-state index contributed by atoms with van der Waals surface area (Å²) in [7, 11) is 4.36. The lowest BCUT2D eigenvalue weighted by Gasteiger charge is -2.18. The van der Waals surface area contributed by atoms with Crippen molar-refractivity contribution in [1.29, 1.82) is 0 Å². The maximum atomic E-state index is 7.25. The lowest BCUT2D eigenvalue weighted by Crippen LogP contribution is -2.24. The van der Waals surface area contributed by atoms with Crippen molar-refractivity contribution in [3.63, 3.8) is 0 Å². The van der Waals surface area contributed by atoms with E-state index in [2.05, 4.69) is 53.7 Å². The topological polar surface area (TPSA) is 12.5 Å². The molecule has 2 aromatic rings. The molecular weight excluding hydrogens is 258 g/mol. The number of aromatic nitrogens is 1. The van der Waals surface area contributed by atoms with E-state index in [9.17, 15) is 0 Å². The number of hydrogen-bond acceptors (Lipinski definition) is 1. The normalized spacial score (nSPS) is 22.0. The summed E-state index contributed by atoms with van der Waals surface area (Å²) in [6, 6.07) is 6.81. The monoisotopic (exact) mass is 281 g/mol. The van der Waals surface area contributed by atoms with E-state index in [-0.39, 0.29) is 0 Å². The van der Waals surface area contributed by atoms with Crippen LogP contribution in [0.25, 0.3) is 15.7 Å². The Kier molecular flexibility index (Phi) is 3.73. The highest BCUT2D eigenvalue weighted by Crippen LogP contribution is 2.40. The van der Waals surface area contributed by atoms with Gasteiger partial charge in [-0.05, 0) is 69.3 Å². The van der Waals surface area contributed by atoms with Gasteiger partial charge < -0.3 is 9.47 Å². The molecule has 2 atom stereocenters. The van der Waals surface area contributed by atoms with Crippen molar-refractivity contribution in [3.05, 3.63) is 41.4 Å². The molecule has 0 bridgehead atoms. The second kappa shape index (κ2) is 5.54. The molecule has 3 nitrogen and oxygen atoms in total. The average molecular weight is 281 g/mol. The molecule has 3 heteroatoms. The van der Waals surface area contributed by atoms with Crippen LogP contribution in [0.4, 0.5) is 5.69 Å². The van der Waals surface area contributed by atoms with Crippen molar-refractivity contribution in [2.24, 2.45) is 0 Å². The van der Waals surface area contributed by atoms with Gasteiger partial charge in [-0.15, -0.1) is 0 Å². The quantitative estimate of drug-likeness (QED) is 0.759. The fourth-order valence-electron chi connectivity index (χ4n) is 3.68. The molecule has 3 rings (SSSR count). The van der Waals surface area contributed by atoms with Crippen molar-refractivity contribution in [2.75, 3.05) is 14.1 Å². The third kappa shape index (κ3) is 2.45. The molecule has 0 amide bonds. The molecule has 1 aromatic carbocycles. The molecule has 1 heterocycles. The highest BCUT2D eigenvalue weighted by molar-refractivity contribution is 5.88. The Morgan fingerprint density at radius 2 is 2.14 bits per heavy atom. The van der Waals surface area contributed by atoms with E-state index in [1.807, 2.05) is 6.07 Å². The number of rotatable bonds is 3. The van der Waals surface area contributed by atoms with Crippen molar-refractivity contribution in [3.8, 4) is 0 Å². The van der Waals surface area contributed by atoms with E-state index in [0.717, 1.165) is 12.2 Å². The van der Waals surface area contributed by atoms with E-state index in [1.54, 1.807) is 0 Å². The van der Waals surface area contributed by atoms with Crippen LogP contribution in [0.2, 0.25) is 0 Å². The zero-order valence-corrected chi connectivity index (χ0v) is 13.1. The maximum absolute atomic E-state index is 7.25. The Morgan fingerprint density at radius 1 is 1.33 bits per heavy atom. The first kappa shape index (κ1) is 14.2. The smallest absolute Gasteiger partial charge is 0.187 e. The Hall–Kier alpha value is -1.79. The summed E-state index contributed by atoms with van der Waals surface area (Å²) in [5, 5.41) is 1.29. The molecule has 1 fully saturated rings. The summed E-state index contributed by atoms with van der Waals surface area (Å²) in [5.74, 6) is 0.633. The van der Waals surface area contributed by atoms with Gasteiger partial charge in [-0.25, -0.2) is 4.85 Å². The second-order valence-electron chi connectivity index (χ2n) is 6.31. The van der Waals surface area contributed by atoms with Gasteiger partial charge in [0.15, 0.2) is 5.69 Å². The summed E-state index contributed by atoms with van der Waals surface area (Å²) in [4.78, 5) is 5.95.